The Morgan fingerprint density at radius 1 is 1.10 bits per heavy atom. The van der Waals surface area contributed by atoms with Gasteiger partial charge >= 0.3 is 6.09 Å². The van der Waals surface area contributed by atoms with Gasteiger partial charge < -0.3 is 24.3 Å². The van der Waals surface area contributed by atoms with Crippen LogP contribution in [0.4, 0.5) is 10.7 Å². The van der Waals surface area contributed by atoms with Crippen LogP contribution in [-0.4, -0.2) is 82.6 Å². The van der Waals surface area contributed by atoms with Crippen molar-refractivity contribution in [2.24, 2.45) is 4.99 Å². The Hall–Kier alpha value is -4.59. The van der Waals surface area contributed by atoms with E-state index in [4.69, 9.17) is 19.6 Å². The smallest absolute Gasteiger partial charge is 0.407 e. The molecule has 0 radical (unpaired) electrons. The molecule has 0 aliphatic heterocycles. The average molecular weight is 739 g/mol. The second-order valence-corrected chi connectivity index (χ2v) is 22.4. The largest absolute Gasteiger partial charge is 0.444 e. The zero-order valence-electron chi connectivity index (χ0n) is 31.7. The van der Waals surface area contributed by atoms with Gasteiger partial charge in [-0.25, -0.2) is 24.4 Å². The number of ether oxygens (including phenoxy) is 2. The first-order valence-electron chi connectivity index (χ1n) is 17.8. The minimum absolute atomic E-state index is 0.0211. The number of nitrogens with one attached hydrogen (secondary N) is 1. The molecule has 0 fully saturated rings. The van der Waals surface area contributed by atoms with Crippen LogP contribution in [0, 0.1) is 0 Å². The van der Waals surface area contributed by atoms with Crippen LogP contribution in [0.2, 0.25) is 25.7 Å². The molecule has 1 amide bonds. The predicted octanol–water partition coefficient (Wildman–Crippen LogP) is 9.34. The number of fused-ring (bicyclic) bond motifs is 3. The van der Waals surface area contributed by atoms with E-state index in [0.717, 1.165) is 56.2 Å². The lowest BCUT2D eigenvalue weighted by Gasteiger charge is -2.20. The lowest BCUT2D eigenvalue weighted by molar-refractivity contribution is 0.0525. The molecule has 1 N–H and O–H groups in total. The van der Waals surface area contributed by atoms with Gasteiger partial charge in [0.15, 0.2) is 0 Å². The van der Waals surface area contributed by atoms with Crippen molar-refractivity contribution in [2.75, 3.05) is 27.2 Å². The fraction of sp³-hybridized carbons (Fsp3) is 0.410. The molecule has 52 heavy (non-hydrogen) atoms. The molecule has 1 unspecified atom stereocenters. The number of rotatable bonds is 13. The van der Waals surface area contributed by atoms with Crippen molar-refractivity contribution in [3.05, 3.63) is 61.1 Å². The van der Waals surface area contributed by atoms with E-state index in [2.05, 4.69) is 95.1 Å². The first-order valence-corrected chi connectivity index (χ1v) is 22.3. The molecular formula is C39H50N8O3SSi. The lowest BCUT2D eigenvalue weighted by atomic mass is 10.0. The molecule has 1 atom stereocenters. The second-order valence-electron chi connectivity index (χ2n) is 15.7. The topological polar surface area (TPSA) is 112 Å². The van der Waals surface area contributed by atoms with Crippen LogP contribution in [0.3, 0.4) is 0 Å². The van der Waals surface area contributed by atoms with Gasteiger partial charge in [0.2, 0.25) is 0 Å². The summed E-state index contributed by atoms with van der Waals surface area (Å²) >= 11 is 1.78. The normalized spacial score (nSPS) is 13.1. The molecule has 0 bridgehead atoms. The predicted molar refractivity (Wildman–Crippen MR) is 217 cm³/mol. The minimum Gasteiger partial charge on any atom is -0.444 e. The van der Waals surface area contributed by atoms with Gasteiger partial charge in [-0.15, -0.1) is 11.3 Å². The number of thiophene rings is 1. The molecule has 6 rings (SSSR count). The van der Waals surface area contributed by atoms with Gasteiger partial charge in [-0.2, -0.15) is 5.10 Å². The maximum atomic E-state index is 12.4. The summed E-state index contributed by atoms with van der Waals surface area (Å²) in [4.78, 5) is 29.5. The van der Waals surface area contributed by atoms with Gasteiger partial charge in [0.1, 0.15) is 17.8 Å². The summed E-state index contributed by atoms with van der Waals surface area (Å²) < 4.78 is 17.1. The van der Waals surface area contributed by atoms with E-state index in [-0.39, 0.29) is 6.04 Å². The van der Waals surface area contributed by atoms with Gasteiger partial charge in [0, 0.05) is 73.6 Å². The Morgan fingerprint density at radius 3 is 2.62 bits per heavy atom. The van der Waals surface area contributed by atoms with E-state index < -0.39 is 19.8 Å². The molecule has 274 valence electrons. The van der Waals surface area contributed by atoms with Crippen molar-refractivity contribution in [1.82, 2.24) is 34.5 Å². The zero-order valence-corrected chi connectivity index (χ0v) is 33.5. The maximum Gasteiger partial charge on any atom is 0.407 e. The summed E-state index contributed by atoms with van der Waals surface area (Å²) in [7, 11) is 2.61. The number of carbonyl (C=O) groups is 1. The molecule has 2 aromatic carbocycles. The molecule has 0 aliphatic rings. The molecule has 4 heterocycles. The number of hydrogen-bond acceptors (Lipinski definition) is 8. The second kappa shape index (κ2) is 15.2. The monoisotopic (exact) mass is 738 g/mol. The van der Waals surface area contributed by atoms with Crippen LogP contribution in [-0.2, 0) is 16.2 Å². The van der Waals surface area contributed by atoms with Crippen molar-refractivity contribution in [1.29, 1.82) is 0 Å². The number of amides is 1. The van der Waals surface area contributed by atoms with E-state index in [1.165, 1.54) is 10.1 Å². The summed E-state index contributed by atoms with van der Waals surface area (Å²) in [6.45, 7) is 16.4. The van der Waals surface area contributed by atoms with E-state index in [0.29, 0.717) is 25.6 Å². The Morgan fingerprint density at radius 2 is 1.88 bits per heavy atom. The van der Waals surface area contributed by atoms with Gasteiger partial charge in [-0.1, -0.05) is 37.8 Å². The summed E-state index contributed by atoms with van der Waals surface area (Å²) in [6.07, 6.45) is 7.88. The van der Waals surface area contributed by atoms with E-state index >= 15 is 0 Å². The minimum atomic E-state index is -1.23. The third kappa shape index (κ3) is 8.88. The van der Waals surface area contributed by atoms with Crippen molar-refractivity contribution < 1.29 is 14.3 Å². The number of carbonyl (C=O) groups excluding carboxylic acids is 1. The average Bonchev–Trinajstić information content (AvgIpc) is 3.79. The fourth-order valence-corrected chi connectivity index (χ4v) is 7.82. The van der Waals surface area contributed by atoms with E-state index in [1.54, 1.807) is 17.7 Å². The number of aliphatic imine (C=N–C) groups is 1. The molecule has 0 spiro atoms. The Balaban J connectivity index is 1.44. The Kier molecular flexibility index (Phi) is 10.8. The molecule has 0 aliphatic carbocycles. The molecular weight excluding hydrogens is 689 g/mol. The summed E-state index contributed by atoms with van der Waals surface area (Å²) in [5.74, 6) is 0.383. The van der Waals surface area contributed by atoms with Crippen LogP contribution >= 0.6 is 11.3 Å². The van der Waals surface area contributed by atoms with Crippen molar-refractivity contribution in [3.63, 3.8) is 0 Å². The molecule has 0 saturated heterocycles. The highest BCUT2D eigenvalue weighted by Crippen LogP contribution is 2.42. The van der Waals surface area contributed by atoms with Crippen LogP contribution in [0.15, 0.2) is 66.0 Å². The molecule has 6 aromatic rings. The standard InChI is InChI=1S/C39H50N8O3SSi/c1-26(14-15-40-38(48)50-39(2,3)4)46-23-31(35-32(46)22-41-37(44-35)42-24-45(5)6)28-18-29-21-43-47(25-49-16-17-52(7,8)9)36(29)30(19-28)34-20-27-12-10-11-13-33(27)51-34/h10-13,18-24,26H,14-17,25H2,1-9H3,(H,40,48). The van der Waals surface area contributed by atoms with Crippen molar-refractivity contribution in [2.45, 2.75) is 78.2 Å². The van der Waals surface area contributed by atoms with Crippen molar-refractivity contribution >= 4 is 69.8 Å². The number of alkyl carbamates (subject to hydrolysis) is 1. The van der Waals surface area contributed by atoms with Crippen LogP contribution in [0.1, 0.15) is 40.2 Å². The number of nitrogens with zero attached hydrogens (tertiary/aromatic N) is 7. The third-order valence-corrected chi connectivity index (χ3v) is 11.5. The summed E-state index contributed by atoms with van der Waals surface area (Å²) in [5.41, 5.74) is 5.25. The molecule has 4 aromatic heterocycles. The Labute approximate surface area is 310 Å². The summed E-state index contributed by atoms with van der Waals surface area (Å²) in [5, 5.41) is 9.97. The van der Waals surface area contributed by atoms with E-state index in [9.17, 15) is 4.79 Å². The molecule has 0 saturated carbocycles. The number of benzene rings is 2. The fourth-order valence-electron chi connectivity index (χ4n) is 5.98. The summed E-state index contributed by atoms with van der Waals surface area (Å²) in [6, 6.07) is 16.3. The van der Waals surface area contributed by atoms with Crippen LogP contribution < -0.4 is 5.32 Å². The third-order valence-electron chi connectivity index (χ3n) is 8.61. The Bertz CT molecular complexity index is 2190. The van der Waals surface area contributed by atoms with Gasteiger partial charge in [-0.05, 0) is 75.4 Å². The first kappa shape index (κ1) is 37.2. The van der Waals surface area contributed by atoms with E-state index in [1.807, 2.05) is 56.8 Å². The SMILES string of the molecule is CC(CCNC(=O)OC(C)(C)C)n1cc(-c2cc(-c3cc4ccccc4s3)c3c(cnn3COCC[Si](C)(C)C)c2)c2nc(N=CN(C)C)ncc21. The van der Waals surface area contributed by atoms with Gasteiger partial charge in [0.05, 0.1) is 29.8 Å². The highest BCUT2D eigenvalue weighted by Gasteiger charge is 2.22. The van der Waals surface area contributed by atoms with Gasteiger partial charge in [0.25, 0.3) is 5.95 Å². The zero-order chi connectivity index (χ0) is 37.2. The van der Waals surface area contributed by atoms with Crippen molar-refractivity contribution in [3.8, 4) is 21.6 Å². The quantitative estimate of drug-likeness (QED) is 0.0544. The highest BCUT2D eigenvalue weighted by molar-refractivity contribution is 7.22. The van der Waals surface area contributed by atoms with Gasteiger partial charge in [-0.3, -0.25) is 0 Å². The number of hydrogen-bond donors (Lipinski definition) is 1. The maximum absolute atomic E-state index is 12.4. The highest BCUT2D eigenvalue weighted by atomic mass is 32.1. The number of aromatic nitrogens is 5. The first-order chi connectivity index (χ1) is 24.6. The molecule has 11 nitrogen and oxygen atoms in total. The lowest BCUT2D eigenvalue weighted by Crippen LogP contribution is -2.33. The van der Waals surface area contributed by atoms with Crippen LogP contribution in [0.5, 0.6) is 0 Å². The molecule has 13 heteroatoms. The van der Waals surface area contributed by atoms with Crippen LogP contribution in [0.25, 0.3) is 53.6 Å².